The maximum absolute atomic E-state index is 13.7. The Hall–Kier alpha value is -1.21. The molecule has 2 N–H and O–H groups in total. The Morgan fingerprint density at radius 2 is 1.85 bits per heavy atom. The van der Waals surface area contributed by atoms with Crippen LogP contribution >= 0.6 is 0 Å². The van der Waals surface area contributed by atoms with Gasteiger partial charge in [0.1, 0.15) is 9.84 Å². The summed E-state index contributed by atoms with van der Waals surface area (Å²) in [7, 11) is -3.10. The van der Waals surface area contributed by atoms with E-state index in [1.807, 2.05) is 0 Å². The Labute approximate surface area is 117 Å². The number of hydrogen-bond donors (Lipinski definition) is 1. The minimum Gasteiger partial charge on any atom is -0.488 e. The van der Waals surface area contributed by atoms with Crippen LogP contribution in [-0.2, 0) is 16.3 Å². The fraction of sp³-hybridized carbons (Fsp3) is 0.538. The first-order valence-corrected chi connectivity index (χ1v) is 8.29. The summed E-state index contributed by atoms with van der Waals surface area (Å²) in [6, 6.07) is 2.16. The molecule has 0 aromatic heterocycles. The van der Waals surface area contributed by atoms with Gasteiger partial charge in [-0.2, -0.15) is 0 Å². The van der Waals surface area contributed by atoms with Crippen LogP contribution in [0.25, 0.3) is 0 Å². The number of halogens is 2. The molecule has 0 fully saturated rings. The summed E-state index contributed by atoms with van der Waals surface area (Å²) in [5.41, 5.74) is 6.03. The Kier molecular flexibility index (Phi) is 5.88. The fourth-order valence-corrected chi connectivity index (χ4v) is 2.38. The molecule has 1 aromatic rings. The molecule has 0 aliphatic carbocycles. The van der Waals surface area contributed by atoms with Gasteiger partial charge in [0.15, 0.2) is 17.4 Å². The van der Waals surface area contributed by atoms with Gasteiger partial charge in [0, 0.05) is 12.3 Å². The highest BCUT2D eigenvalue weighted by Crippen LogP contribution is 2.24. The zero-order chi connectivity index (χ0) is 15.3. The number of hydrogen-bond acceptors (Lipinski definition) is 4. The lowest BCUT2D eigenvalue weighted by Gasteiger charge is -2.11. The molecule has 1 unspecified atom stereocenters. The van der Waals surface area contributed by atoms with E-state index in [2.05, 4.69) is 0 Å². The average molecular weight is 307 g/mol. The molecule has 0 saturated heterocycles. The molecule has 1 atom stereocenters. The number of rotatable bonds is 7. The number of ether oxygens (including phenoxy) is 1. The van der Waals surface area contributed by atoms with E-state index in [1.54, 1.807) is 6.92 Å². The molecule has 7 heteroatoms. The number of sulfone groups is 1. The van der Waals surface area contributed by atoms with E-state index in [4.69, 9.17) is 10.5 Å². The standard InChI is InChI=1S/C13H19F2NO3S/c1-9(16)6-10-7-11(14)13(12(15)8-10)19-4-3-5-20(2,17)18/h7-9H,3-6,16H2,1-2H3. The molecule has 0 amide bonds. The van der Waals surface area contributed by atoms with E-state index in [0.717, 1.165) is 6.26 Å². The lowest BCUT2D eigenvalue weighted by Crippen LogP contribution is -2.18. The predicted molar refractivity (Wildman–Crippen MR) is 73.5 cm³/mol. The first kappa shape index (κ1) is 16.8. The first-order valence-electron chi connectivity index (χ1n) is 6.23. The van der Waals surface area contributed by atoms with E-state index in [1.165, 1.54) is 12.1 Å². The second-order valence-electron chi connectivity index (χ2n) is 4.90. The molecular formula is C13H19F2NO3S. The summed E-state index contributed by atoms with van der Waals surface area (Å²) < 4.78 is 54.2. The van der Waals surface area contributed by atoms with Gasteiger partial charge in [-0.1, -0.05) is 0 Å². The van der Waals surface area contributed by atoms with Crippen LogP contribution in [0.3, 0.4) is 0 Å². The molecule has 4 nitrogen and oxygen atoms in total. The highest BCUT2D eigenvalue weighted by Gasteiger charge is 2.13. The van der Waals surface area contributed by atoms with Crippen molar-refractivity contribution in [2.24, 2.45) is 5.73 Å². The van der Waals surface area contributed by atoms with Crippen molar-refractivity contribution in [3.8, 4) is 5.75 Å². The van der Waals surface area contributed by atoms with E-state index >= 15 is 0 Å². The van der Waals surface area contributed by atoms with Crippen LogP contribution in [0.2, 0.25) is 0 Å². The number of nitrogens with two attached hydrogens (primary N) is 1. The molecule has 1 aromatic carbocycles. The number of benzene rings is 1. The zero-order valence-corrected chi connectivity index (χ0v) is 12.3. The van der Waals surface area contributed by atoms with Gasteiger partial charge in [-0.3, -0.25) is 0 Å². The Morgan fingerprint density at radius 1 is 1.30 bits per heavy atom. The normalized spacial score (nSPS) is 13.2. The summed E-state index contributed by atoms with van der Waals surface area (Å²) in [6.45, 7) is 1.68. The minimum absolute atomic E-state index is 0.0620. The topological polar surface area (TPSA) is 69.4 Å². The molecule has 0 radical (unpaired) electrons. The molecule has 0 heterocycles. The Balaban J connectivity index is 2.67. The molecule has 20 heavy (non-hydrogen) atoms. The molecule has 0 saturated carbocycles. The van der Waals surface area contributed by atoms with Gasteiger partial charge in [0.05, 0.1) is 12.4 Å². The van der Waals surface area contributed by atoms with Crippen LogP contribution in [0.5, 0.6) is 5.75 Å². The van der Waals surface area contributed by atoms with Gasteiger partial charge in [0.25, 0.3) is 0 Å². The Bertz CT molecular complexity index is 536. The van der Waals surface area contributed by atoms with Crippen molar-refractivity contribution in [1.82, 2.24) is 0 Å². The van der Waals surface area contributed by atoms with Crippen molar-refractivity contribution in [3.63, 3.8) is 0 Å². The van der Waals surface area contributed by atoms with Crippen LogP contribution in [0.1, 0.15) is 18.9 Å². The summed E-state index contributed by atoms with van der Waals surface area (Å²) in [5.74, 6) is -2.18. The first-order chi connectivity index (χ1) is 9.19. The van der Waals surface area contributed by atoms with E-state index in [9.17, 15) is 17.2 Å². The van der Waals surface area contributed by atoms with Crippen LogP contribution in [-0.4, -0.2) is 33.1 Å². The molecule has 1 rings (SSSR count). The van der Waals surface area contributed by atoms with Crippen molar-refractivity contribution < 1.29 is 21.9 Å². The van der Waals surface area contributed by atoms with Crippen molar-refractivity contribution in [3.05, 3.63) is 29.3 Å². The van der Waals surface area contributed by atoms with Crippen LogP contribution in [0.4, 0.5) is 8.78 Å². The monoisotopic (exact) mass is 307 g/mol. The SMILES string of the molecule is CC(N)Cc1cc(F)c(OCCCS(C)(=O)=O)c(F)c1. The van der Waals surface area contributed by atoms with Crippen molar-refractivity contribution in [2.75, 3.05) is 18.6 Å². The lowest BCUT2D eigenvalue weighted by molar-refractivity contribution is 0.285. The second-order valence-corrected chi connectivity index (χ2v) is 7.16. The van der Waals surface area contributed by atoms with E-state index in [-0.39, 0.29) is 24.8 Å². The second kappa shape index (κ2) is 6.99. The lowest BCUT2D eigenvalue weighted by atomic mass is 10.1. The fourth-order valence-electron chi connectivity index (χ4n) is 1.74. The average Bonchev–Trinajstić information content (AvgIpc) is 2.24. The van der Waals surface area contributed by atoms with Crippen molar-refractivity contribution >= 4 is 9.84 Å². The van der Waals surface area contributed by atoms with Gasteiger partial charge >= 0.3 is 0 Å². The quantitative estimate of drug-likeness (QED) is 0.778. The molecule has 0 spiro atoms. The third kappa shape index (κ3) is 5.83. The maximum atomic E-state index is 13.7. The van der Waals surface area contributed by atoms with Crippen molar-refractivity contribution in [1.29, 1.82) is 0 Å². The third-order valence-corrected chi connectivity index (χ3v) is 3.55. The molecular weight excluding hydrogens is 288 g/mol. The summed E-state index contributed by atoms with van der Waals surface area (Å²) in [6.07, 6.45) is 1.64. The molecule has 0 aliphatic heterocycles. The molecule has 114 valence electrons. The predicted octanol–water partition coefficient (Wildman–Crippen LogP) is 1.67. The summed E-state index contributed by atoms with van der Waals surface area (Å²) >= 11 is 0. The highest BCUT2D eigenvalue weighted by molar-refractivity contribution is 7.90. The largest absolute Gasteiger partial charge is 0.488 e. The van der Waals surface area contributed by atoms with Crippen LogP contribution in [0.15, 0.2) is 12.1 Å². The highest BCUT2D eigenvalue weighted by atomic mass is 32.2. The van der Waals surface area contributed by atoms with Gasteiger partial charge in [-0.15, -0.1) is 0 Å². The van der Waals surface area contributed by atoms with Gasteiger partial charge in [0.2, 0.25) is 0 Å². The smallest absolute Gasteiger partial charge is 0.190 e. The van der Waals surface area contributed by atoms with Crippen LogP contribution < -0.4 is 10.5 Å². The van der Waals surface area contributed by atoms with E-state index < -0.39 is 27.2 Å². The van der Waals surface area contributed by atoms with Crippen molar-refractivity contribution in [2.45, 2.75) is 25.8 Å². The van der Waals surface area contributed by atoms with Gasteiger partial charge in [-0.25, -0.2) is 17.2 Å². The van der Waals surface area contributed by atoms with Crippen LogP contribution in [0, 0.1) is 11.6 Å². The Morgan fingerprint density at radius 3 is 2.30 bits per heavy atom. The van der Waals surface area contributed by atoms with Gasteiger partial charge < -0.3 is 10.5 Å². The van der Waals surface area contributed by atoms with Gasteiger partial charge in [-0.05, 0) is 37.5 Å². The zero-order valence-electron chi connectivity index (χ0n) is 11.5. The molecule has 0 aliphatic rings. The molecule has 0 bridgehead atoms. The summed E-state index contributed by atoms with van der Waals surface area (Å²) in [4.78, 5) is 0. The maximum Gasteiger partial charge on any atom is 0.190 e. The van der Waals surface area contributed by atoms with E-state index in [0.29, 0.717) is 12.0 Å². The summed E-state index contributed by atoms with van der Waals surface area (Å²) in [5, 5.41) is 0. The minimum atomic E-state index is -3.10. The third-order valence-electron chi connectivity index (χ3n) is 2.52.